The molecule has 30 heavy (non-hydrogen) atoms. The number of benzene rings is 2. The Morgan fingerprint density at radius 3 is 2.23 bits per heavy atom. The number of carbonyl (C=O) groups excluding carboxylic acids is 1. The summed E-state index contributed by atoms with van der Waals surface area (Å²) in [4.78, 5) is 12.6. The Morgan fingerprint density at radius 1 is 1.10 bits per heavy atom. The van der Waals surface area contributed by atoms with E-state index in [2.05, 4.69) is 5.32 Å². The number of hydrogen-bond donors (Lipinski definition) is 1. The van der Waals surface area contributed by atoms with Crippen LogP contribution in [0.4, 0.5) is 0 Å². The van der Waals surface area contributed by atoms with Crippen molar-refractivity contribution in [1.29, 1.82) is 0 Å². The molecule has 6 nitrogen and oxygen atoms in total. The predicted molar refractivity (Wildman–Crippen MR) is 118 cm³/mol. The van der Waals surface area contributed by atoms with Gasteiger partial charge in [-0.2, -0.15) is 4.31 Å². The zero-order chi connectivity index (χ0) is 21.9. The molecule has 162 valence electrons. The van der Waals surface area contributed by atoms with Crippen molar-refractivity contribution in [1.82, 2.24) is 9.62 Å². The normalized spacial score (nSPS) is 15.7. The molecule has 2 aromatic rings. The van der Waals surface area contributed by atoms with E-state index in [-0.39, 0.29) is 18.6 Å². The van der Waals surface area contributed by atoms with Gasteiger partial charge in [0.05, 0.1) is 4.90 Å². The lowest BCUT2D eigenvalue weighted by Crippen LogP contribution is -2.47. The number of hydrogen-bond acceptors (Lipinski definition) is 4. The first-order chi connectivity index (χ1) is 14.2. The van der Waals surface area contributed by atoms with Crippen molar-refractivity contribution in [3.8, 4) is 5.75 Å². The largest absolute Gasteiger partial charge is 0.483 e. The SMILES string of the molecule is Cc1ccc(S(=O)(=O)N2CCC(NC(=O)COc3c(C)cc(Cl)cc3C)CC2)cc1. The van der Waals surface area contributed by atoms with Crippen molar-refractivity contribution >= 4 is 27.5 Å². The molecule has 1 amide bonds. The number of ether oxygens (including phenoxy) is 1. The smallest absolute Gasteiger partial charge is 0.258 e. The lowest BCUT2D eigenvalue weighted by atomic mass is 10.1. The van der Waals surface area contributed by atoms with E-state index in [1.54, 1.807) is 36.4 Å². The van der Waals surface area contributed by atoms with Gasteiger partial charge in [-0.25, -0.2) is 8.42 Å². The van der Waals surface area contributed by atoms with E-state index in [1.165, 1.54) is 4.31 Å². The summed E-state index contributed by atoms with van der Waals surface area (Å²) in [6, 6.07) is 10.4. The number of halogens is 1. The first-order valence-corrected chi connectivity index (χ1v) is 11.7. The third-order valence-corrected chi connectivity index (χ3v) is 7.38. The predicted octanol–water partition coefficient (Wildman–Crippen LogP) is 3.61. The van der Waals surface area contributed by atoms with Gasteiger partial charge in [0.15, 0.2) is 6.61 Å². The van der Waals surface area contributed by atoms with Crippen LogP contribution in [0.3, 0.4) is 0 Å². The van der Waals surface area contributed by atoms with E-state index in [4.69, 9.17) is 16.3 Å². The van der Waals surface area contributed by atoms with Crippen LogP contribution < -0.4 is 10.1 Å². The van der Waals surface area contributed by atoms with Gasteiger partial charge in [-0.15, -0.1) is 0 Å². The highest BCUT2D eigenvalue weighted by molar-refractivity contribution is 7.89. The summed E-state index contributed by atoms with van der Waals surface area (Å²) in [6.07, 6.45) is 1.13. The van der Waals surface area contributed by atoms with Gasteiger partial charge in [-0.3, -0.25) is 4.79 Å². The van der Waals surface area contributed by atoms with Crippen LogP contribution >= 0.6 is 11.6 Å². The van der Waals surface area contributed by atoms with Crippen LogP contribution in [0.25, 0.3) is 0 Å². The van der Waals surface area contributed by atoms with Gasteiger partial charge in [0.25, 0.3) is 5.91 Å². The van der Waals surface area contributed by atoms with Crippen LogP contribution in [0.2, 0.25) is 5.02 Å². The standard InChI is InChI=1S/C22H27ClN2O4S/c1-15-4-6-20(7-5-15)30(27,28)25-10-8-19(9-11-25)24-21(26)14-29-22-16(2)12-18(23)13-17(22)3/h4-7,12-13,19H,8-11,14H2,1-3H3,(H,24,26). The minimum Gasteiger partial charge on any atom is -0.483 e. The van der Waals surface area contributed by atoms with Gasteiger partial charge >= 0.3 is 0 Å². The van der Waals surface area contributed by atoms with Crippen molar-refractivity contribution < 1.29 is 17.9 Å². The first kappa shape index (κ1) is 22.6. The molecule has 2 aromatic carbocycles. The molecule has 0 unspecified atom stereocenters. The molecule has 1 saturated heterocycles. The molecule has 0 aliphatic carbocycles. The quantitative estimate of drug-likeness (QED) is 0.729. The number of rotatable bonds is 6. The van der Waals surface area contributed by atoms with Crippen LogP contribution in [-0.2, 0) is 14.8 Å². The highest BCUT2D eigenvalue weighted by Gasteiger charge is 2.30. The topological polar surface area (TPSA) is 75.7 Å². The molecule has 3 rings (SSSR count). The van der Waals surface area contributed by atoms with E-state index in [0.29, 0.717) is 41.6 Å². The number of nitrogens with one attached hydrogen (secondary N) is 1. The van der Waals surface area contributed by atoms with Crippen molar-refractivity contribution in [2.45, 2.75) is 44.6 Å². The van der Waals surface area contributed by atoms with Crippen LogP contribution in [0.5, 0.6) is 5.75 Å². The molecule has 1 N–H and O–H groups in total. The molecular formula is C22H27ClN2O4S. The van der Waals surface area contributed by atoms with Crippen molar-refractivity contribution in [2.75, 3.05) is 19.7 Å². The molecule has 0 saturated carbocycles. The van der Waals surface area contributed by atoms with Crippen LogP contribution in [-0.4, -0.2) is 44.4 Å². The molecule has 8 heteroatoms. The van der Waals surface area contributed by atoms with Gasteiger partial charge in [0.2, 0.25) is 10.0 Å². The maximum atomic E-state index is 12.8. The lowest BCUT2D eigenvalue weighted by molar-refractivity contribution is -0.124. The zero-order valence-electron chi connectivity index (χ0n) is 17.4. The van der Waals surface area contributed by atoms with Crippen LogP contribution in [0.15, 0.2) is 41.3 Å². The second-order valence-corrected chi connectivity index (χ2v) is 10.1. The second-order valence-electron chi connectivity index (χ2n) is 7.72. The Kier molecular flexibility index (Phi) is 7.06. The average Bonchev–Trinajstić information content (AvgIpc) is 2.68. The van der Waals surface area contributed by atoms with E-state index in [9.17, 15) is 13.2 Å². The average molecular weight is 451 g/mol. The van der Waals surface area contributed by atoms with Gasteiger partial charge < -0.3 is 10.1 Å². The fourth-order valence-corrected chi connectivity index (χ4v) is 5.43. The van der Waals surface area contributed by atoms with Crippen molar-refractivity contribution in [3.05, 3.63) is 58.1 Å². The zero-order valence-corrected chi connectivity index (χ0v) is 19.0. The summed E-state index contributed by atoms with van der Waals surface area (Å²) in [5.74, 6) is 0.442. The second kappa shape index (κ2) is 9.37. The number of amides is 1. The third-order valence-electron chi connectivity index (χ3n) is 5.25. The monoisotopic (exact) mass is 450 g/mol. The van der Waals surface area contributed by atoms with Gasteiger partial charge in [0, 0.05) is 24.2 Å². The van der Waals surface area contributed by atoms with Crippen molar-refractivity contribution in [3.63, 3.8) is 0 Å². The summed E-state index contributed by atoms with van der Waals surface area (Å²) in [6.45, 7) is 6.34. The fourth-order valence-electron chi connectivity index (χ4n) is 3.63. The number of carbonyl (C=O) groups is 1. The van der Waals surface area contributed by atoms with E-state index in [0.717, 1.165) is 16.7 Å². The maximum Gasteiger partial charge on any atom is 0.258 e. The fraction of sp³-hybridized carbons (Fsp3) is 0.409. The highest BCUT2D eigenvalue weighted by Crippen LogP contribution is 2.27. The summed E-state index contributed by atoms with van der Waals surface area (Å²) in [5, 5.41) is 3.58. The number of piperidine rings is 1. The van der Waals surface area contributed by atoms with Crippen LogP contribution in [0, 0.1) is 20.8 Å². The number of sulfonamides is 1. The lowest BCUT2D eigenvalue weighted by Gasteiger charge is -2.31. The van der Waals surface area contributed by atoms with Gasteiger partial charge in [-0.1, -0.05) is 29.3 Å². The van der Waals surface area contributed by atoms with E-state index >= 15 is 0 Å². The molecule has 1 fully saturated rings. The molecular weight excluding hydrogens is 424 g/mol. The molecule has 0 spiro atoms. The molecule has 0 aromatic heterocycles. The molecule has 0 atom stereocenters. The Balaban J connectivity index is 1.51. The summed E-state index contributed by atoms with van der Waals surface area (Å²) in [5.41, 5.74) is 2.77. The highest BCUT2D eigenvalue weighted by atomic mass is 35.5. The summed E-state index contributed by atoms with van der Waals surface area (Å²) >= 11 is 6.02. The molecule has 1 aliphatic heterocycles. The Labute approximate surface area is 183 Å². The third kappa shape index (κ3) is 5.33. The Hall–Kier alpha value is -2.09. The first-order valence-electron chi connectivity index (χ1n) is 9.92. The van der Waals surface area contributed by atoms with Crippen molar-refractivity contribution in [2.24, 2.45) is 0 Å². The van der Waals surface area contributed by atoms with E-state index < -0.39 is 10.0 Å². The number of aryl methyl sites for hydroxylation is 3. The Bertz CT molecular complexity index is 991. The van der Waals surface area contributed by atoms with Gasteiger partial charge in [-0.05, 0) is 69.0 Å². The summed E-state index contributed by atoms with van der Waals surface area (Å²) in [7, 11) is -3.50. The minimum absolute atomic E-state index is 0.0713. The molecule has 1 aliphatic rings. The summed E-state index contributed by atoms with van der Waals surface area (Å²) < 4.78 is 32.7. The molecule has 0 bridgehead atoms. The van der Waals surface area contributed by atoms with E-state index in [1.807, 2.05) is 20.8 Å². The molecule has 0 radical (unpaired) electrons. The van der Waals surface area contributed by atoms with Gasteiger partial charge in [0.1, 0.15) is 5.75 Å². The Morgan fingerprint density at radius 2 is 1.67 bits per heavy atom. The molecule has 1 heterocycles. The van der Waals surface area contributed by atoms with Crippen LogP contribution in [0.1, 0.15) is 29.5 Å². The maximum absolute atomic E-state index is 12.8. The minimum atomic E-state index is -3.50. The number of nitrogens with zero attached hydrogens (tertiary/aromatic N) is 1.